The molecule has 0 saturated carbocycles. The predicted molar refractivity (Wildman–Crippen MR) is 87.2 cm³/mol. The van der Waals surface area contributed by atoms with Gasteiger partial charge in [-0.1, -0.05) is 30.3 Å². The highest BCUT2D eigenvalue weighted by molar-refractivity contribution is 5.90. The van der Waals surface area contributed by atoms with E-state index < -0.39 is 24.0 Å². The molecule has 0 aromatic heterocycles. The van der Waals surface area contributed by atoms with Crippen LogP contribution in [0.1, 0.15) is 32.3 Å². The fourth-order valence-electron chi connectivity index (χ4n) is 2.18. The number of aliphatic carboxylic acids is 1. The molecule has 0 aliphatic heterocycles. The minimum atomic E-state index is -1.22. The van der Waals surface area contributed by atoms with E-state index >= 15 is 0 Å². The molecule has 0 bridgehead atoms. The lowest BCUT2D eigenvalue weighted by atomic mass is 10.0. The van der Waals surface area contributed by atoms with Gasteiger partial charge < -0.3 is 20.5 Å². The zero-order chi connectivity index (χ0) is 18.1. The number of amides is 2. The third-order valence-corrected chi connectivity index (χ3v) is 3.38. The maximum absolute atomic E-state index is 12.4. The van der Waals surface area contributed by atoms with E-state index in [1.165, 1.54) is 13.8 Å². The predicted octanol–water partition coefficient (Wildman–Crippen LogP) is 0.672. The van der Waals surface area contributed by atoms with Gasteiger partial charge in [0.25, 0.3) is 0 Å². The number of rotatable bonds is 9. The van der Waals surface area contributed by atoms with Crippen LogP contribution in [0.15, 0.2) is 30.3 Å². The molecule has 0 radical (unpaired) electrons. The van der Waals surface area contributed by atoms with Crippen LogP contribution in [0.5, 0.6) is 0 Å². The Morgan fingerprint density at radius 3 is 2.12 bits per heavy atom. The monoisotopic (exact) mass is 334 g/mol. The van der Waals surface area contributed by atoms with Crippen LogP contribution in [0.4, 0.5) is 0 Å². The Morgan fingerprint density at radius 1 is 1.00 bits per heavy atom. The van der Waals surface area contributed by atoms with E-state index in [0.717, 1.165) is 5.56 Å². The van der Waals surface area contributed by atoms with Gasteiger partial charge in [-0.15, -0.1) is 0 Å². The minimum Gasteiger partial charge on any atom is -0.480 e. The van der Waals surface area contributed by atoms with Crippen molar-refractivity contribution in [2.75, 3.05) is 0 Å². The fourth-order valence-corrected chi connectivity index (χ4v) is 2.18. The second-order valence-electron chi connectivity index (χ2n) is 5.58. The van der Waals surface area contributed by atoms with Crippen LogP contribution in [0.2, 0.25) is 0 Å². The third-order valence-electron chi connectivity index (χ3n) is 3.38. The smallest absolute Gasteiger partial charge is 0.326 e. The van der Waals surface area contributed by atoms with Gasteiger partial charge in [0.15, 0.2) is 0 Å². The number of Topliss-reactive ketones (excluding diaryl/α,β-unsaturated/α-hetero) is 1. The van der Waals surface area contributed by atoms with Gasteiger partial charge in [0.1, 0.15) is 17.9 Å². The Bertz CT molecular complexity index is 600. The molecule has 0 aliphatic carbocycles. The summed E-state index contributed by atoms with van der Waals surface area (Å²) in [6.45, 7) is 2.64. The van der Waals surface area contributed by atoms with Crippen LogP contribution in [-0.2, 0) is 25.6 Å². The zero-order valence-corrected chi connectivity index (χ0v) is 13.7. The molecule has 2 amide bonds. The van der Waals surface area contributed by atoms with Gasteiger partial charge in [0.2, 0.25) is 11.8 Å². The summed E-state index contributed by atoms with van der Waals surface area (Å²) in [6, 6.07) is 7.02. The minimum absolute atomic E-state index is 0.00847. The standard InChI is InChI=1S/C17H22N2O5/c1-11(20)8-9-14(17(23)24)19-16(22)15(18-12(2)21)10-13-6-4-3-5-7-13/h3-7,14-15H,8-10H2,1-2H3,(H,18,21)(H,19,22)(H,23,24)/t14-,15-/m1/s1. The molecule has 1 aromatic carbocycles. The van der Waals surface area contributed by atoms with Gasteiger partial charge in [-0.2, -0.15) is 0 Å². The molecule has 2 atom stereocenters. The first-order valence-corrected chi connectivity index (χ1v) is 7.63. The highest BCUT2D eigenvalue weighted by atomic mass is 16.4. The largest absolute Gasteiger partial charge is 0.480 e. The van der Waals surface area contributed by atoms with Crippen molar-refractivity contribution in [2.24, 2.45) is 0 Å². The third kappa shape index (κ3) is 7.04. The molecular formula is C17H22N2O5. The number of benzene rings is 1. The van der Waals surface area contributed by atoms with Gasteiger partial charge in [0, 0.05) is 19.8 Å². The second-order valence-corrected chi connectivity index (χ2v) is 5.58. The van der Waals surface area contributed by atoms with E-state index in [4.69, 9.17) is 0 Å². The van der Waals surface area contributed by atoms with Gasteiger partial charge >= 0.3 is 5.97 Å². The number of carboxylic acid groups (broad SMARTS) is 1. The van der Waals surface area contributed by atoms with Crippen molar-refractivity contribution in [3.63, 3.8) is 0 Å². The lowest BCUT2D eigenvalue weighted by Gasteiger charge is -2.21. The van der Waals surface area contributed by atoms with Gasteiger partial charge in [0.05, 0.1) is 0 Å². The molecule has 0 spiro atoms. The molecule has 130 valence electrons. The number of nitrogens with one attached hydrogen (secondary N) is 2. The van der Waals surface area contributed by atoms with Crippen molar-refractivity contribution >= 4 is 23.6 Å². The summed E-state index contributed by atoms with van der Waals surface area (Å²) in [5, 5.41) is 14.1. The van der Waals surface area contributed by atoms with Crippen molar-refractivity contribution in [2.45, 2.75) is 45.2 Å². The highest BCUT2D eigenvalue weighted by Crippen LogP contribution is 2.05. The summed E-state index contributed by atoms with van der Waals surface area (Å²) >= 11 is 0. The quantitative estimate of drug-likeness (QED) is 0.614. The molecule has 0 fully saturated rings. The highest BCUT2D eigenvalue weighted by Gasteiger charge is 2.26. The average Bonchev–Trinajstić information content (AvgIpc) is 2.50. The number of hydrogen-bond donors (Lipinski definition) is 3. The number of ketones is 1. The lowest BCUT2D eigenvalue weighted by Crippen LogP contribution is -2.52. The molecule has 0 saturated heterocycles. The van der Waals surface area contributed by atoms with Crippen molar-refractivity contribution in [1.82, 2.24) is 10.6 Å². The number of hydrogen-bond acceptors (Lipinski definition) is 4. The first kappa shape index (κ1) is 19.3. The van der Waals surface area contributed by atoms with Crippen molar-refractivity contribution < 1.29 is 24.3 Å². The molecule has 0 heterocycles. The number of carboxylic acids is 1. The molecule has 0 aliphatic rings. The van der Waals surface area contributed by atoms with E-state index in [-0.39, 0.29) is 31.0 Å². The van der Waals surface area contributed by atoms with E-state index in [9.17, 15) is 24.3 Å². The molecule has 3 N–H and O–H groups in total. The molecular weight excluding hydrogens is 312 g/mol. The number of carbonyl (C=O) groups is 4. The van der Waals surface area contributed by atoms with Gasteiger partial charge in [-0.05, 0) is 18.9 Å². The Kier molecular flexibility index (Phi) is 7.61. The van der Waals surface area contributed by atoms with Crippen LogP contribution in [0, 0.1) is 0 Å². The fraction of sp³-hybridized carbons (Fsp3) is 0.412. The van der Waals surface area contributed by atoms with Crippen molar-refractivity contribution in [3.8, 4) is 0 Å². The number of carbonyl (C=O) groups excluding carboxylic acids is 3. The SMILES string of the molecule is CC(=O)CC[C@@H](NC(=O)[C@@H](Cc1ccccc1)NC(C)=O)C(=O)O. The van der Waals surface area contributed by atoms with Gasteiger partial charge in [-0.25, -0.2) is 4.79 Å². The summed E-state index contributed by atoms with van der Waals surface area (Å²) in [7, 11) is 0. The van der Waals surface area contributed by atoms with E-state index in [0.29, 0.717) is 0 Å². The Balaban J connectivity index is 2.79. The van der Waals surface area contributed by atoms with Crippen molar-refractivity contribution in [3.05, 3.63) is 35.9 Å². The molecule has 0 unspecified atom stereocenters. The zero-order valence-electron chi connectivity index (χ0n) is 13.7. The Hall–Kier alpha value is -2.70. The van der Waals surface area contributed by atoms with Gasteiger partial charge in [-0.3, -0.25) is 9.59 Å². The maximum atomic E-state index is 12.4. The van der Waals surface area contributed by atoms with E-state index in [2.05, 4.69) is 10.6 Å². The summed E-state index contributed by atoms with van der Waals surface area (Å²) in [6.07, 6.45) is 0.306. The summed E-state index contributed by atoms with van der Waals surface area (Å²) in [5.41, 5.74) is 0.835. The Labute approximate surface area is 140 Å². The van der Waals surface area contributed by atoms with Crippen LogP contribution in [0.3, 0.4) is 0 Å². The lowest BCUT2D eigenvalue weighted by molar-refractivity contribution is -0.142. The van der Waals surface area contributed by atoms with Crippen LogP contribution in [-0.4, -0.2) is 40.8 Å². The summed E-state index contributed by atoms with van der Waals surface area (Å²) in [5.74, 6) is -2.35. The first-order chi connectivity index (χ1) is 11.3. The van der Waals surface area contributed by atoms with Crippen LogP contribution in [0.25, 0.3) is 0 Å². The molecule has 1 rings (SSSR count). The maximum Gasteiger partial charge on any atom is 0.326 e. The van der Waals surface area contributed by atoms with Crippen LogP contribution >= 0.6 is 0 Å². The van der Waals surface area contributed by atoms with E-state index in [1.807, 2.05) is 30.3 Å². The van der Waals surface area contributed by atoms with E-state index in [1.54, 1.807) is 0 Å². The van der Waals surface area contributed by atoms with Crippen LogP contribution < -0.4 is 10.6 Å². The molecule has 7 heteroatoms. The summed E-state index contributed by atoms with van der Waals surface area (Å²) in [4.78, 5) is 46.0. The second kappa shape index (κ2) is 9.44. The average molecular weight is 334 g/mol. The molecule has 7 nitrogen and oxygen atoms in total. The topological polar surface area (TPSA) is 113 Å². The summed E-state index contributed by atoms with van der Waals surface area (Å²) < 4.78 is 0. The molecule has 1 aromatic rings. The normalized spacial score (nSPS) is 12.8. The first-order valence-electron chi connectivity index (χ1n) is 7.63. The Morgan fingerprint density at radius 2 is 1.62 bits per heavy atom. The molecule has 24 heavy (non-hydrogen) atoms. The van der Waals surface area contributed by atoms with Crippen molar-refractivity contribution in [1.29, 1.82) is 0 Å².